The van der Waals surface area contributed by atoms with Crippen molar-refractivity contribution in [3.05, 3.63) is 46.9 Å². The van der Waals surface area contributed by atoms with E-state index in [4.69, 9.17) is 0 Å². The first kappa shape index (κ1) is 15.5. The predicted molar refractivity (Wildman–Crippen MR) is 89.9 cm³/mol. The highest BCUT2D eigenvalue weighted by atomic mass is 32.1. The second kappa shape index (κ2) is 6.14. The summed E-state index contributed by atoms with van der Waals surface area (Å²) in [5, 5.41) is 14.7. The molecule has 0 bridgehead atoms. The first-order valence-electron chi connectivity index (χ1n) is 8.25. The van der Waals surface area contributed by atoms with Gasteiger partial charge in [0.25, 0.3) is 0 Å². The van der Waals surface area contributed by atoms with Crippen LogP contribution in [0.15, 0.2) is 30.6 Å². The average Bonchev–Trinajstić information content (AvgIpc) is 3.14. The van der Waals surface area contributed by atoms with Crippen LogP contribution in [0.2, 0.25) is 0 Å². The van der Waals surface area contributed by atoms with E-state index in [1.807, 2.05) is 6.07 Å². The molecule has 0 radical (unpaired) electrons. The van der Waals surface area contributed by atoms with E-state index in [2.05, 4.69) is 17.0 Å². The highest BCUT2D eigenvalue weighted by molar-refractivity contribution is 7.17. The topological polar surface area (TPSA) is 54.9 Å². The quantitative estimate of drug-likeness (QED) is 0.762. The van der Waals surface area contributed by atoms with Crippen molar-refractivity contribution < 1.29 is 14.4 Å². The minimum atomic E-state index is -0.249. The van der Waals surface area contributed by atoms with Crippen molar-refractivity contribution >= 4 is 16.3 Å². The summed E-state index contributed by atoms with van der Waals surface area (Å²) < 4.78 is 15.3. The number of halogens is 1. The van der Waals surface area contributed by atoms with Crippen molar-refractivity contribution in [3.8, 4) is 5.88 Å². The standard InChI is InChI=1S/C17H19FN4OS/c1-11-5-7-21(8-6-11)14(12-3-2-4-13(18)9-12)15-16(23)22-17(24-15)19-10-20-22/h2-4,9-11,14,23H,5-8H2,1H3/p+1/t14-/m1/s1. The molecule has 1 atom stereocenters. The molecule has 1 saturated heterocycles. The maximum absolute atomic E-state index is 13.8. The van der Waals surface area contributed by atoms with Gasteiger partial charge in [-0.2, -0.15) is 9.61 Å². The Hall–Kier alpha value is -1.99. The van der Waals surface area contributed by atoms with Crippen LogP contribution in [0, 0.1) is 11.7 Å². The fourth-order valence-electron chi connectivity index (χ4n) is 3.56. The van der Waals surface area contributed by atoms with Crippen molar-refractivity contribution in [2.45, 2.75) is 25.8 Å². The van der Waals surface area contributed by atoms with E-state index in [9.17, 15) is 9.50 Å². The summed E-state index contributed by atoms with van der Waals surface area (Å²) in [6.07, 6.45) is 3.72. The van der Waals surface area contributed by atoms with Gasteiger partial charge in [0.15, 0.2) is 6.04 Å². The number of thiazole rings is 1. The van der Waals surface area contributed by atoms with Crippen LogP contribution >= 0.6 is 11.3 Å². The number of hydrogen-bond donors (Lipinski definition) is 2. The molecule has 0 aliphatic carbocycles. The van der Waals surface area contributed by atoms with E-state index in [1.54, 1.807) is 12.1 Å². The fourth-order valence-corrected chi connectivity index (χ4v) is 4.68. The number of quaternary nitrogens is 1. The molecule has 1 aliphatic rings. The molecule has 126 valence electrons. The number of piperidine rings is 1. The number of aromatic nitrogens is 3. The van der Waals surface area contributed by atoms with Gasteiger partial charge in [-0.05, 0) is 30.9 Å². The molecule has 1 aliphatic heterocycles. The molecule has 2 aromatic heterocycles. The molecular weight excluding hydrogens is 327 g/mol. The summed E-state index contributed by atoms with van der Waals surface area (Å²) in [5.74, 6) is 0.590. The maximum atomic E-state index is 13.8. The minimum absolute atomic E-state index is 0.0956. The van der Waals surface area contributed by atoms with Gasteiger partial charge in [0.2, 0.25) is 10.8 Å². The Morgan fingerprint density at radius 2 is 2.17 bits per heavy atom. The average molecular weight is 347 g/mol. The van der Waals surface area contributed by atoms with Gasteiger partial charge in [-0.15, -0.1) is 0 Å². The SMILES string of the molecule is CC1CC[NH+]([C@H](c2cccc(F)c2)c2sc3ncnn3c2O)CC1. The van der Waals surface area contributed by atoms with Crippen LogP contribution in [0.1, 0.15) is 36.2 Å². The molecule has 1 aromatic carbocycles. The summed E-state index contributed by atoms with van der Waals surface area (Å²) >= 11 is 1.43. The van der Waals surface area contributed by atoms with E-state index >= 15 is 0 Å². The first-order valence-corrected chi connectivity index (χ1v) is 9.06. The van der Waals surface area contributed by atoms with Gasteiger partial charge in [0, 0.05) is 5.56 Å². The Labute approximate surface area is 143 Å². The Morgan fingerprint density at radius 3 is 2.88 bits per heavy atom. The second-order valence-electron chi connectivity index (χ2n) is 6.57. The van der Waals surface area contributed by atoms with Gasteiger partial charge in [0.1, 0.15) is 17.0 Å². The number of fused-ring (bicyclic) bond motifs is 1. The van der Waals surface area contributed by atoms with E-state index in [0.29, 0.717) is 4.96 Å². The molecule has 3 heterocycles. The monoisotopic (exact) mass is 347 g/mol. The Morgan fingerprint density at radius 1 is 1.38 bits per heavy atom. The van der Waals surface area contributed by atoms with Gasteiger partial charge in [0.05, 0.1) is 13.1 Å². The number of aromatic hydroxyl groups is 1. The second-order valence-corrected chi connectivity index (χ2v) is 7.58. The van der Waals surface area contributed by atoms with Crippen LogP contribution in [0.3, 0.4) is 0 Å². The molecule has 2 N–H and O–H groups in total. The van der Waals surface area contributed by atoms with E-state index in [0.717, 1.165) is 42.3 Å². The largest absolute Gasteiger partial charge is 0.492 e. The molecule has 0 amide bonds. The van der Waals surface area contributed by atoms with Crippen LogP contribution in [0.25, 0.3) is 4.96 Å². The summed E-state index contributed by atoms with van der Waals surface area (Å²) in [6.45, 7) is 4.29. The molecule has 0 unspecified atom stereocenters. The van der Waals surface area contributed by atoms with Crippen LogP contribution in [-0.4, -0.2) is 32.8 Å². The molecule has 0 spiro atoms. The predicted octanol–water partition coefficient (Wildman–Crippen LogP) is 2.04. The number of benzene rings is 1. The lowest BCUT2D eigenvalue weighted by molar-refractivity contribution is -0.931. The Bertz CT molecular complexity index is 853. The van der Waals surface area contributed by atoms with E-state index in [1.165, 1.54) is 33.1 Å². The lowest BCUT2D eigenvalue weighted by Gasteiger charge is -2.33. The number of likely N-dealkylation sites (tertiary alicyclic amines) is 1. The van der Waals surface area contributed by atoms with Crippen LogP contribution in [0.5, 0.6) is 5.88 Å². The van der Waals surface area contributed by atoms with Gasteiger partial charge >= 0.3 is 0 Å². The van der Waals surface area contributed by atoms with Gasteiger partial charge in [-0.25, -0.2) is 9.37 Å². The third kappa shape index (κ3) is 2.67. The maximum Gasteiger partial charge on any atom is 0.235 e. The molecule has 7 heteroatoms. The van der Waals surface area contributed by atoms with E-state index < -0.39 is 0 Å². The summed E-state index contributed by atoms with van der Waals surface area (Å²) in [4.78, 5) is 7.00. The third-order valence-electron chi connectivity index (χ3n) is 4.91. The van der Waals surface area contributed by atoms with Gasteiger partial charge < -0.3 is 10.0 Å². The summed E-state index contributed by atoms with van der Waals surface area (Å²) in [6, 6.07) is 6.61. The summed E-state index contributed by atoms with van der Waals surface area (Å²) in [5.41, 5.74) is 0.888. The minimum Gasteiger partial charge on any atom is -0.492 e. The molecule has 5 nitrogen and oxygen atoms in total. The van der Waals surface area contributed by atoms with Crippen molar-refractivity contribution in [2.75, 3.05) is 13.1 Å². The van der Waals surface area contributed by atoms with Crippen LogP contribution in [0.4, 0.5) is 4.39 Å². The molecule has 0 saturated carbocycles. The van der Waals surface area contributed by atoms with Crippen molar-refractivity contribution in [1.29, 1.82) is 0 Å². The van der Waals surface area contributed by atoms with Crippen molar-refractivity contribution in [1.82, 2.24) is 14.6 Å². The number of nitrogens with zero attached hydrogens (tertiary/aromatic N) is 3. The van der Waals surface area contributed by atoms with Crippen LogP contribution < -0.4 is 4.90 Å². The lowest BCUT2D eigenvalue weighted by Crippen LogP contribution is -3.13. The highest BCUT2D eigenvalue weighted by Gasteiger charge is 2.34. The molecule has 24 heavy (non-hydrogen) atoms. The first-order chi connectivity index (χ1) is 11.6. The zero-order chi connectivity index (χ0) is 16.7. The van der Waals surface area contributed by atoms with Crippen molar-refractivity contribution in [3.63, 3.8) is 0 Å². The van der Waals surface area contributed by atoms with E-state index in [-0.39, 0.29) is 17.7 Å². The number of rotatable bonds is 3. The van der Waals surface area contributed by atoms with Crippen molar-refractivity contribution in [2.24, 2.45) is 5.92 Å². The molecular formula is C17H20FN4OS+. The smallest absolute Gasteiger partial charge is 0.235 e. The Balaban J connectivity index is 1.80. The zero-order valence-corrected chi connectivity index (χ0v) is 14.3. The van der Waals surface area contributed by atoms with Gasteiger partial charge in [-0.3, -0.25) is 0 Å². The number of nitrogens with one attached hydrogen (secondary N) is 1. The zero-order valence-electron chi connectivity index (χ0n) is 13.4. The third-order valence-corrected chi connectivity index (χ3v) is 6.01. The molecule has 4 rings (SSSR count). The lowest BCUT2D eigenvalue weighted by atomic mass is 9.95. The summed E-state index contributed by atoms with van der Waals surface area (Å²) in [7, 11) is 0. The number of hydrogen-bond acceptors (Lipinski definition) is 4. The van der Waals surface area contributed by atoms with Crippen LogP contribution in [-0.2, 0) is 0 Å². The Kier molecular flexibility index (Phi) is 3.97. The normalized spacial score (nSPS) is 22.8. The van der Waals surface area contributed by atoms with Gasteiger partial charge in [-0.1, -0.05) is 30.4 Å². The molecule has 1 fully saturated rings. The molecule has 3 aromatic rings. The fraction of sp³-hybridized carbons (Fsp3) is 0.412. The highest BCUT2D eigenvalue weighted by Crippen LogP contribution is 2.35.